The third kappa shape index (κ3) is 2.88. The van der Waals surface area contributed by atoms with Crippen LogP contribution in [0, 0.1) is 17.1 Å². The molecule has 0 saturated carbocycles. The first kappa shape index (κ1) is 14.3. The molecule has 0 bridgehead atoms. The first-order chi connectivity index (χ1) is 10.1. The summed E-state index contributed by atoms with van der Waals surface area (Å²) in [5.41, 5.74) is 6.64. The molecule has 1 aromatic carbocycles. The van der Waals surface area contributed by atoms with Gasteiger partial charge in [-0.25, -0.2) is 9.37 Å². The number of aromatic nitrogens is 1. The maximum absolute atomic E-state index is 13.5. The Labute approximate surface area is 136 Å². The fraction of sp³-hybridized carbons (Fsp3) is 0. The zero-order valence-electron chi connectivity index (χ0n) is 10.4. The molecular weight excluding hydrogens is 373 g/mol. The number of anilines is 1. The monoisotopic (exact) mass is 379 g/mol. The number of pyridine rings is 1. The van der Waals surface area contributed by atoms with Crippen LogP contribution >= 0.6 is 39.0 Å². The van der Waals surface area contributed by atoms with Crippen molar-refractivity contribution in [2.24, 2.45) is 0 Å². The van der Waals surface area contributed by atoms with Crippen LogP contribution in [0.4, 0.5) is 10.1 Å². The van der Waals surface area contributed by atoms with E-state index in [1.807, 2.05) is 12.1 Å². The number of hydrogen-bond donors (Lipinski definition) is 1. The highest BCUT2D eigenvalue weighted by Gasteiger charge is 2.13. The van der Waals surface area contributed by atoms with Gasteiger partial charge in [0.15, 0.2) is 0 Å². The van der Waals surface area contributed by atoms with Gasteiger partial charge < -0.3 is 5.73 Å². The van der Waals surface area contributed by atoms with Crippen LogP contribution < -0.4 is 5.73 Å². The maximum atomic E-state index is 13.5. The van der Waals surface area contributed by atoms with Gasteiger partial charge in [0.25, 0.3) is 0 Å². The maximum Gasteiger partial charge on any atom is 0.125 e. The molecule has 0 fully saturated rings. The van der Waals surface area contributed by atoms with Crippen molar-refractivity contribution in [2.75, 3.05) is 5.73 Å². The number of nitrogens with two attached hydrogens (primary N) is 1. The van der Waals surface area contributed by atoms with Crippen molar-refractivity contribution >= 4 is 54.9 Å². The van der Waals surface area contributed by atoms with E-state index in [0.717, 1.165) is 18.9 Å². The number of fused-ring (bicyclic) bond motifs is 1. The normalized spacial score (nSPS) is 10.7. The lowest BCUT2D eigenvalue weighted by atomic mass is 10.2. The van der Waals surface area contributed by atoms with Gasteiger partial charge in [-0.15, -0.1) is 11.3 Å². The molecule has 2 N–H and O–H groups in total. The quantitative estimate of drug-likeness (QED) is 0.694. The van der Waals surface area contributed by atoms with E-state index in [9.17, 15) is 4.39 Å². The summed E-state index contributed by atoms with van der Waals surface area (Å²) in [6, 6.07) is 8.08. The van der Waals surface area contributed by atoms with Crippen LogP contribution in [0.2, 0.25) is 0 Å². The first-order valence-corrected chi connectivity index (χ1v) is 8.21. The van der Waals surface area contributed by atoms with Crippen LogP contribution in [0.5, 0.6) is 0 Å². The number of hydrogen-bond acceptors (Lipinski definition) is 5. The summed E-state index contributed by atoms with van der Waals surface area (Å²) in [5, 5.41) is 9.83. The van der Waals surface area contributed by atoms with Gasteiger partial charge in [-0.2, -0.15) is 5.26 Å². The second-order valence-electron chi connectivity index (χ2n) is 4.21. The number of nitriles is 1. The highest BCUT2D eigenvalue weighted by Crippen LogP contribution is 2.44. The number of benzene rings is 1. The van der Waals surface area contributed by atoms with Crippen LogP contribution in [0.3, 0.4) is 0 Å². The Hall–Kier alpha value is -1.62. The lowest BCUT2D eigenvalue weighted by molar-refractivity contribution is 0.623. The zero-order valence-corrected chi connectivity index (χ0v) is 13.6. The highest BCUT2D eigenvalue weighted by molar-refractivity contribution is 9.10. The lowest BCUT2D eigenvalue weighted by Gasteiger charge is -2.01. The van der Waals surface area contributed by atoms with E-state index in [2.05, 4.69) is 20.9 Å². The van der Waals surface area contributed by atoms with Crippen molar-refractivity contribution in [3.63, 3.8) is 0 Å². The minimum absolute atomic E-state index is 0.303. The van der Waals surface area contributed by atoms with E-state index < -0.39 is 5.82 Å². The smallest absolute Gasteiger partial charge is 0.125 e. The van der Waals surface area contributed by atoms with Crippen LogP contribution in [0.15, 0.2) is 44.0 Å². The van der Waals surface area contributed by atoms with Gasteiger partial charge in [-0.1, -0.05) is 11.8 Å². The van der Waals surface area contributed by atoms with Crippen molar-refractivity contribution in [3.05, 3.63) is 46.3 Å². The number of rotatable bonds is 2. The highest BCUT2D eigenvalue weighted by atomic mass is 79.9. The number of thiophene rings is 1. The fourth-order valence-corrected chi connectivity index (χ4v) is 4.94. The molecule has 0 aliphatic carbocycles. The second kappa shape index (κ2) is 5.64. The van der Waals surface area contributed by atoms with Gasteiger partial charge in [0.05, 0.1) is 32.2 Å². The number of nitrogen functional groups attached to an aromatic ring is 1. The SMILES string of the molecule is N#Cc1cc(F)cc(Sc2sc3ncc(N)cc3c2Br)c1. The van der Waals surface area contributed by atoms with Crippen molar-refractivity contribution in [3.8, 4) is 6.07 Å². The second-order valence-corrected chi connectivity index (χ2v) is 7.35. The van der Waals surface area contributed by atoms with Crippen molar-refractivity contribution < 1.29 is 4.39 Å². The Bertz CT molecular complexity index is 886. The summed E-state index contributed by atoms with van der Waals surface area (Å²) in [4.78, 5) is 5.81. The molecule has 3 rings (SSSR count). The number of halogens is 2. The topological polar surface area (TPSA) is 62.7 Å². The average Bonchev–Trinajstić information content (AvgIpc) is 2.75. The third-order valence-electron chi connectivity index (χ3n) is 2.69. The molecule has 3 aromatic rings. The van der Waals surface area contributed by atoms with Gasteiger partial charge in [0.1, 0.15) is 10.6 Å². The standard InChI is InChI=1S/C14H7BrFN3S2/c15-12-11-4-9(18)6-19-13(11)21-14(12)20-10-2-7(5-17)1-8(16)3-10/h1-4,6H,18H2. The minimum atomic E-state index is -0.420. The Kier molecular flexibility index (Phi) is 3.85. The van der Waals surface area contributed by atoms with E-state index >= 15 is 0 Å². The minimum Gasteiger partial charge on any atom is -0.397 e. The van der Waals surface area contributed by atoms with Crippen LogP contribution in [0.1, 0.15) is 5.56 Å². The molecular formula is C14H7BrFN3S2. The van der Waals surface area contributed by atoms with Crippen LogP contribution in [-0.4, -0.2) is 4.98 Å². The van der Waals surface area contributed by atoms with Gasteiger partial charge in [-0.05, 0) is 40.2 Å². The Balaban J connectivity index is 2.04. The Morgan fingerprint density at radius 3 is 2.90 bits per heavy atom. The summed E-state index contributed by atoms with van der Waals surface area (Å²) >= 11 is 6.41. The van der Waals surface area contributed by atoms with Crippen LogP contribution in [0.25, 0.3) is 10.2 Å². The molecule has 0 unspecified atom stereocenters. The predicted octanol–water partition coefficient (Wildman–Crippen LogP) is 4.80. The average molecular weight is 380 g/mol. The molecule has 0 spiro atoms. The Morgan fingerprint density at radius 2 is 2.14 bits per heavy atom. The molecule has 2 aromatic heterocycles. The molecule has 21 heavy (non-hydrogen) atoms. The summed E-state index contributed by atoms with van der Waals surface area (Å²) in [6.45, 7) is 0. The molecule has 7 heteroatoms. The zero-order chi connectivity index (χ0) is 15.0. The summed E-state index contributed by atoms with van der Waals surface area (Å²) in [5.74, 6) is -0.420. The molecule has 3 nitrogen and oxygen atoms in total. The van der Waals surface area contributed by atoms with Crippen LogP contribution in [-0.2, 0) is 0 Å². The molecule has 2 heterocycles. The van der Waals surface area contributed by atoms with E-state index in [4.69, 9.17) is 11.0 Å². The predicted molar refractivity (Wildman–Crippen MR) is 87.0 cm³/mol. The molecule has 0 atom stereocenters. The Morgan fingerprint density at radius 1 is 1.33 bits per heavy atom. The van der Waals surface area contributed by atoms with E-state index in [1.165, 1.54) is 35.2 Å². The van der Waals surface area contributed by atoms with Gasteiger partial charge in [0.2, 0.25) is 0 Å². The molecule has 104 valence electrons. The van der Waals surface area contributed by atoms with E-state index in [0.29, 0.717) is 16.1 Å². The third-order valence-corrected chi connectivity index (χ3v) is 6.31. The lowest BCUT2D eigenvalue weighted by Crippen LogP contribution is -1.84. The molecule has 0 aliphatic rings. The summed E-state index contributed by atoms with van der Waals surface area (Å²) < 4.78 is 15.3. The summed E-state index contributed by atoms with van der Waals surface area (Å²) in [6.07, 6.45) is 1.61. The molecule has 0 aliphatic heterocycles. The van der Waals surface area contributed by atoms with E-state index in [1.54, 1.807) is 12.3 Å². The number of nitrogens with zero attached hydrogens (tertiary/aromatic N) is 2. The van der Waals surface area contributed by atoms with Crippen molar-refractivity contribution in [1.29, 1.82) is 5.26 Å². The molecule has 0 saturated heterocycles. The largest absolute Gasteiger partial charge is 0.397 e. The van der Waals surface area contributed by atoms with E-state index in [-0.39, 0.29) is 0 Å². The molecule has 0 amide bonds. The van der Waals surface area contributed by atoms with Gasteiger partial charge >= 0.3 is 0 Å². The van der Waals surface area contributed by atoms with Crippen molar-refractivity contribution in [2.45, 2.75) is 9.10 Å². The summed E-state index contributed by atoms with van der Waals surface area (Å²) in [7, 11) is 0. The molecule has 0 radical (unpaired) electrons. The van der Waals surface area contributed by atoms with Crippen molar-refractivity contribution in [1.82, 2.24) is 4.98 Å². The van der Waals surface area contributed by atoms with Gasteiger partial charge in [-0.3, -0.25) is 0 Å². The first-order valence-electron chi connectivity index (χ1n) is 5.79. The fourth-order valence-electron chi connectivity index (χ4n) is 1.81. The van der Waals surface area contributed by atoms with Gasteiger partial charge in [0, 0.05) is 10.3 Å².